The van der Waals surface area contributed by atoms with Crippen LogP contribution in [0.4, 0.5) is 13.2 Å². The SMILES string of the molecule is CC(C)N1CC[C@@H](NC(F)(F)F)C1. The average Bonchev–Trinajstić information content (AvgIpc) is 2.31. The molecule has 2 nitrogen and oxygen atoms in total. The summed E-state index contributed by atoms with van der Waals surface area (Å²) in [5, 5.41) is 1.66. The van der Waals surface area contributed by atoms with Crippen LogP contribution in [0.2, 0.25) is 0 Å². The Hall–Kier alpha value is -0.290. The molecule has 0 aromatic carbocycles. The van der Waals surface area contributed by atoms with Crippen molar-refractivity contribution in [2.45, 2.75) is 38.7 Å². The molecule has 1 atom stereocenters. The molecule has 1 saturated heterocycles. The van der Waals surface area contributed by atoms with E-state index < -0.39 is 12.3 Å². The van der Waals surface area contributed by atoms with E-state index in [9.17, 15) is 13.2 Å². The van der Waals surface area contributed by atoms with E-state index in [2.05, 4.69) is 0 Å². The highest BCUT2D eigenvalue weighted by Crippen LogP contribution is 2.18. The van der Waals surface area contributed by atoms with Crippen LogP contribution in [0.3, 0.4) is 0 Å². The zero-order chi connectivity index (χ0) is 10.1. The highest BCUT2D eigenvalue weighted by atomic mass is 19.4. The normalized spacial score (nSPS) is 25.8. The largest absolute Gasteiger partial charge is 0.457 e. The summed E-state index contributed by atoms with van der Waals surface area (Å²) in [6, 6.07) is -0.0950. The molecule has 1 aliphatic rings. The second kappa shape index (κ2) is 3.84. The first-order valence-corrected chi connectivity index (χ1v) is 4.47. The van der Waals surface area contributed by atoms with Crippen molar-refractivity contribution in [3.05, 3.63) is 0 Å². The second-order valence-electron chi connectivity index (χ2n) is 3.72. The fraction of sp³-hybridized carbons (Fsp3) is 1.00. The molecule has 1 heterocycles. The third-order valence-electron chi connectivity index (χ3n) is 2.32. The van der Waals surface area contributed by atoms with Gasteiger partial charge in [-0.2, -0.15) is 13.2 Å². The third-order valence-corrected chi connectivity index (χ3v) is 2.32. The van der Waals surface area contributed by atoms with Crippen LogP contribution in [0.15, 0.2) is 0 Å². The summed E-state index contributed by atoms with van der Waals surface area (Å²) in [5.74, 6) is 0. The van der Waals surface area contributed by atoms with Crippen LogP contribution in [-0.2, 0) is 0 Å². The van der Waals surface area contributed by atoms with Crippen molar-refractivity contribution in [2.24, 2.45) is 0 Å². The molecule has 0 saturated carbocycles. The van der Waals surface area contributed by atoms with Crippen molar-refractivity contribution in [1.29, 1.82) is 0 Å². The summed E-state index contributed by atoms with van der Waals surface area (Å²) in [7, 11) is 0. The predicted octanol–water partition coefficient (Wildman–Crippen LogP) is 1.58. The molecule has 78 valence electrons. The number of rotatable bonds is 2. The highest BCUT2D eigenvalue weighted by Gasteiger charge is 2.34. The summed E-state index contributed by atoms with van der Waals surface area (Å²) in [5.41, 5.74) is 0. The first-order valence-electron chi connectivity index (χ1n) is 4.47. The Morgan fingerprint density at radius 1 is 1.38 bits per heavy atom. The molecule has 0 aromatic heterocycles. The molecule has 0 aromatic rings. The fourth-order valence-electron chi connectivity index (χ4n) is 1.61. The van der Waals surface area contributed by atoms with Crippen LogP contribution in [-0.4, -0.2) is 36.4 Å². The van der Waals surface area contributed by atoms with E-state index in [0.29, 0.717) is 19.0 Å². The van der Waals surface area contributed by atoms with Crippen LogP contribution >= 0.6 is 0 Å². The second-order valence-corrected chi connectivity index (χ2v) is 3.72. The lowest BCUT2D eigenvalue weighted by Crippen LogP contribution is -2.42. The van der Waals surface area contributed by atoms with E-state index in [0.717, 1.165) is 6.54 Å². The lowest BCUT2D eigenvalue weighted by atomic mass is 10.3. The van der Waals surface area contributed by atoms with Crippen molar-refractivity contribution in [3.8, 4) is 0 Å². The maximum Gasteiger partial charge on any atom is 0.457 e. The Balaban J connectivity index is 2.33. The van der Waals surface area contributed by atoms with E-state index >= 15 is 0 Å². The zero-order valence-electron chi connectivity index (χ0n) is 7.86. The number of hydrogen-bond acceptors (Lipinski definition) is 2. The molecule has 5 heteroatoms. The van der Waals surface area contributed by atoms with Crippen LogP contribution in [0.5, 0.6) is 0 Å². The molecule has 0 unspecified atom stereocenters. The minimum absolute atomic E-state index is 0.333. The Morgan fingerprint density at radius 2 is 2.00 bits per heavy atom. The van der Waals surface area contributed by atoms with Crippen molar-refractivity contribution in [1.82, 2.24) is 10.2 Å². The van der Waals surface area contributed by atoms with Crippen LogP contribution < -0.4 is 5.32 Å². The van der Waals surface area contributed by atoms with E-state index in [4.69, 9.17) is 0 Å². The molecule has 1 fully saturated rings. The van der Waals surface area contributed by atoms with Crippen LogP contribution in [0.25, 0.3) is 0 Å². The summed E-state index contributed by atoms with van der Waals surface area (Å²) < 4.78 is 35.7. The van der Waals surface area contributed by atoms with Crippen molar-refractivity contribution in [2.75, 3.05) is 13.1 Å². The smallest absolute Gasteiger partial charge is 0.299 e. The average molecular weight is 196 g/mol. The van der Waals surface area contributed by atoms with Gasteiger partial charge in [-0.1, -0.05) is 0 Å². The number of nitrogens with one attached hydrogen (secondary N) is 1. The van der Waals surface area contributed by atoms with E-state index in [-0.39, 0.29) is 0 Å². The van der Waals surface area contributed by atoms with Gasteiger partial charge in [0.2, 0.25) is 0 Å². The van der Waals surface area contributed by atoms with Gasteiger partial charge in [0.05, 0.1) is 0 Å². The monoisotopic (exact) mass is 196 g/mol. The van der Waals surface area contributed by atoms with E-state index in [1.165, 1.54) is 0 Å². The van der Waals surface area contributed by atoms with Gasteiger partial charge in [-0.25, -0.2) is 5.32 Å². The molecular formula is C8H15F3N2. The molecule has 0 spiro atoms. The van der Waals surface area contributed by atoms with Gasteiger partial charge in [-0.3, -0.25) is 4.90 Å². The first-order chi connectivity index (χ1) is 5.88. The van der Waals surface area contributed by atoms with Gasteiger partial charge in [-0.15, -0.1) is 0 Å². The Kier molecular flexibility index (Phi) is 3.18. The van der Waals surface area contributed by atoms with Crippen LogP contribution in [0.1, 0.15) is 20.3 Å². The maximum atomic E-state index is 11.9. The van der Waals surface area contributed by atoms with E-state index in [1.54, 1.807) is 5.32 Å². The molecule has 0 bridgehead atoms. The Bertz CT molecular complexity index is 167. The molecule has 1 N–H and O–H groups in total. The quantitative estimate of drug-likeness (QED) is 0.674. The number of halogens is 3. The number of alkyl halides is 3. The Labute approximate surface area is 76.1 Å². The lowest BCUT2D eigenvalue weighted by Gasteiger charge is -2.21. The van der Waals surface area contributed by atoms with Crippen molar-refractivity contribution in [3.63, 3.8) is 0 Å². The number of likely N-dealkylation sites (tertiary alicyclic amines) is 1. The van der Waals surface area contributed by atoms with Crippen molar-refractivity contribution >= 4 is 0 Å². The maximum absolute atomic E-state index is 11.9. The molecule has 1 rings (SSSR count). The van der Waals surface area contributed by atoms with Crippen LogP contribution in [0, 0.1) is 0 Å². The standard InChI is InChI=1S/C8H15F3N2/c1-6(2)13-4-3-7(5-13)12-8(9,10)11/h6-7,12H,3-5H2,1-2H3/t7-/m1/s1. The first kappa shape index (κ1) is 10.8. The number of hydrogen-bond donors (Lipinski definition) is 1. The highest BCUT2D eigenvalue weighted by molar-refractivity contribution is 4.83. The van der Waals surface area contributed by atoms with Gasteiger partial charge in [0.25, 0.3) is 0 Å². The summed E-state index contributed by atoms with van der Waals surface area (Å²) in [6.07, 6.45) is -3.66. The van der Waals surface area contributed by atoms with Gasteiger partial charge in [-0.05, 0) is 20.3 Å². The summed E-state index contributed by atoms with van der Waals surface area (Å²) in [6.45, 7) is 5.24. The van der Waals surface area contributed by atoms with Gasteiger partial charge < -0.3 is 0 Å². The van der Waals surface area contributed by atoms with Gasteiger partial charge >= 0.3 is 6.30 Å². The minimum Gasteiger partial charge on any atom is -0.299 e. The van der Waals surface area contributed by atoms with Gasteiger partial charge in [0.15, 0.2) is 0 Å². The molecule has 0 amide bonds. The molecule has 1 aliphatic heterocycles. The van der Waals surface area contributed by atoms with E-state index in [1.807, 2.05) is 18.7 Å². The third kappa shape index (κ3) is 3.52. The zero-order valence-corrected chi connectivity index (χ0v) is 7.86. The molecule has 0 radical (unpaired) electrons. The van der Waals surface area contributed by atoms with Crippen molar-refractivity contribution < 1.29 is 13.2 Å². The lowest BCUT2D eigenvalue weighted by molar-refractivity contribution is -0.163. The minimum atomic E-state index is -4.24. The number of nitrogens with zero attached hydrogens (tertiary/aromatic N) is 1. The Morgan fingerprint density at radius 3 is 2.38 bits per heavy atom. The predicted molar refractivity (Wildman–Crippen MR) is 44.3 cm³/mol. The molecular weight excluding hydrogens is 181 g/mol. The van der Waals surface area contributed by atoms with Gasteiger partial charge in [0, 0.05) is 25.2 Å². The summed E-state index contributed by atoms with van der Waals surface area (Å²) in [4.78, 5) is 2.05. The van der Waals surface area contributed by atoms with Gasteiger partial charge in [0.1, 0.15) is 0 Å². The molecule has 0 aliphatic carbocycles. The molecule has 13 heavy (non-hydrogen) atoms. The topological polar surface area (TPSA) is 15.3 Å². The summed E-state index contributed by atoms with van der Waals surface area (Å²) >= 11 is 0. The fourth-order valence-corrected chi connectivity index (χ4v) is 1.61.